The van der Waals surface area contributed by atoms with Crippen LogP contribution in [0.1, 0.15) is 26.7 Å². The molecule has 0 aromatic carbocycles. The summed E-state index contributed by atoms with van der Waals surface area (Å²) in [5.41, 5.74) is 0. The van der Waals surface area contributed by atoms with Gasteiger partial charge in [0.25, 0.3) is 0 Å². The maximum absolute atomic E-state index is 4.35. The van der Waals surface area contributed by atoms with Crippen LogP contribution in [0.25, 0.3) is 0 Å². The Balaban J connectivity index is 2.65. The van der Waals surface area contributed by atoms with Crippen LogP contribution in [0.5, 0.6) is 0 Å². The van der Waals surface area contributed by atoms with Crippen LogP contribution >= 0.6 is 11.8 Å². The van der Waals surface area contributed by atoms with Crippen LogP contribution in [0, 0.1) is 0 Å². The number of rotatable bonds is 7. The summed E-state index contributed by atoms with van der Waals surface area (Å²) < 4.78 is 0.296. The fourth-order valence-electron chi connectivity index (χ4n) is 1.69. The van der Waals surface area contributed by atoms with E-state index >= 15 is 0 Å². The molecular weight excluding hydrogens is 232 g/mol. The standard InChI is InChI=1S/C12H22N4S/c1-5-12(6-2,17-4)9-15-10-7-8-14-11(13-3)16-10/h7-8H,5-6,9H2,1-4H3,(H2,13,14,15,16). The summed E-state index contributed by atoms with van der Waals surface area (Å²) in [6, 6.07) is 1.90. The van der Waals surface area contributed by atoms with E-state index in [0.717, 1.165) is 25.2 Å². The summed E-state index contributed by atoms with van der Waals surface area (Å²) >= 11 is 1.93. The lowest BCUT2D eigenvalue weighted by Crippen LogP contribution is -2.32. The number of nitrogens with zero attached hydrogens (tertiary/aromatic N) is 2. The quantitative estimate of drug-likeness (QED) is 0.783. The predicted octanol–water partition coefficient (Wildman–Crippen LogP) is 2.85. The number of thioether (sulfide) groups is 1. The fourth-order valence-corrected chi connectivity index (χ4v) is 2.48. The summed E-state index contributed by atoms with van der Waals surface area (Å²) in [7, 11) is 1.82. The molecule has 1 heterocycles. The third-order valence-electron chi connectivity index (χ3n) is 3.19. The Bertz CT molecular complexity index is 331. The van der Waals surface area contributed by atoms with E-state index in [1.165, 1.54) is 0 Å². The van der Waals surface area contributed by atoms with Crippen molar-refractivity contribution < 1.29 is 0 Å². The molecule has 0 aliphatic heterocycles. The molecule has 0 saturated heterocycles. The van der Waals surface area contributed by atoms with E-state index in [1.807, 2.05) is 24.9 Å². The Morgan fingerprint density at radius 3 is 2.59 bits per heavy atom. The maximum Gasteiger partial charge on any atom is 0.224 e. The van der Waals surface area contributed by atoms with Gasteiger partial charge in [-0.15, -0.1) is 0 Å². The van der Waals surface area contributed by atoms with Gasteiger partial charge in [-0.05, 0) is 25.2 Å². The maximum atomic E-state index is 4.35. The largest absolute Gasteiger partial charge is 0.369 e. The van der Waals surface area contributed by atoms with Crippen LogP contribution in [0.3, 0.4) is 0 Å². The van der Waals surface area contributed by atoms with Crippen molar-refractivity contribution in [3.05, 3.63) is 12.3 Å². The van der Waals surface area contributed by atoms with Crippen molar-refractivity contribution in [3.63, 3.8) is 0 Å². The Kier molecular flexibility index (Phi) is 5.55. The molecule has 4 nitrogen and oxygen atoms in total. The van der Waals surface area contributed by atoms with Crippen LogP contribution in [0.2, 0.25) is 0 Å². The highest BCUT2D eigenvalue weighted by Crippen LogP contribution is 2.30. The molecule has 1 rings (SSSR count). The van der Waals surface area contributed by atoms with Crippen molar-refractivity contribution in [1.82, 2.24) is 9.97 Å². The van der Waals surface area contributed by atoms with Gasteiger partial charge in [0.2, 0.25) is 5.95 Å². The minimum Gasteiger partial charge on any atom is -0.369 e. The third kappa shape index (κ3) is 3.77. The van der Waals surface area contributed by atoms with Gasteiger partial charge in [-0.2, -0.15) is 16.7 Å². The van der Waals surface area contributed by atoms with Crippen LogP contribution < -0.4 is 10.6 Å². The molecule has 5 heteroatoms. The van der Waals surface area contributed by atoms with Gasteiger partial charge in [0.05, 0.1) is 0 Å². The van der Waals surface area contributed by atoms with Crippen molar-refractivity contribution in [2.45, 2.75) is 31.4 Å². The molecule has 0 unspecified atom stereocenters. The van der Waals surface area contributed by atoms with Gasteiger partial charge in [-0.3, -0.25) is 0 Å². The number of anilines is 2. The van der Waals surface area contributed by atoms with E-state index in [1.54, 1.807) is 6.20 Å². The topological polar surface area (TPSA) is 49.8 Å². The molecule has 0 saturated carbocycles. The fraction of sp³-hybridized carbons (Fsp3) is 0.667. The molecule has 1 aromatic heterocycles. The van der Waals surface area contributed by atoms with E-state index in [0.29, 0.717) is 10.7 Å². The molecule has 1 aromatic rings. The Labute approximate surface area is 108 Å². The molecule has 0 bridgehead atoms. The second kappa shape index (κ2) is 6.69. The lowest BCUT2D eigenvalue weighted by atomic mass is 10.0. The summed E-state index contributed by atoms with van der Waals surface area (Å²) in [5, 5.41) is 6.34. The lowest BCUT2D eigenvalue weighted by molar-refractivity contribution is 0.574. The van der Waals surface area contributed by atoms with Gasteiger partial charge in [0.1, 0.15) is 5.82 Å². The van der Waals surface area contributed by atoms with Gasteiger partial charge in [-0.1, -0.05) is 13.8 Å². The number of hydrogen-bond acceptors (Lipinski definition) is 5. The highest BCUT2D eigenvalue weighted by molar-refractivity contribution is 8.00. The smallest absolute Gasteiger partial charge is 0.224 e. The summed E-state index contributed by atoms with van der Waals surface area (Å²) in [6.45, 7) is 5.41. The lowest BCUT2D eigenvalue weighted by Gasteiger charge is -2.30. The van der Waals surface area contributed by atoms with E-state index in [9.17, 15) is 0 Å². The van der Waals surface area contributed by atoms with Gasteiger partial charge in [0, 0.05) is 24.5 Å². The molecule has 2 N–H and O–H groups in total. The second-order valence-corrected chi connectivity index (χ2v) is 5.24. The molecule has 96 valence electrons. The Hall–Kier alpha value is -0.970. The zero-order valence-electron chi connectivity index (χ0n) is 11.1. The molecule has 0 atom stereocenters. The summed E-state index contributed by atoms with van der Waals surface area (Å²) in [4.78, 5) is 8.45. The normalized spacial score (nSPS) is 11.3. The highest BCUT2D eigenvalue weighted by Gasteiger charge is 2.24. The zero-order valence-corrected chi connectivity index (χ0v) is 11.9. The second-order valence-electron chi connectivity index (χ2n) is 3.96. The molecule has 0 aliphatic rings. The minimum atomic E-state index is 0.296. The zero-order chi connectivity index (χ0) is 12.7. The van der Waals surface area contributed by atoms with Crippen LogP contribution in [-0.4, -0.2) is 34.6 Å². The van der Waals surface area contributed by atoms with Gasteiger partial charge in [-0.25, -0.2) is 4.98 Å². The molecule has 0 spiro atoms. The van der Waals surface area contributed by atoms with Crippen LogP contribution in [0.15, 0.2) is 12.3 Å². The van der Waals surface area contributed by atoms with Crippen molar-refractivity contribution >= 4 is 23.5 Å². The first kappa shape index (κ1) is 14.1. The number of nitrogens with one attached hydrogen (secondary N) is 2. The van der Waals surface area contributed by atoms with Gasteiger partial charge >= 0.3 is 0 Å². The Morgan fingerprint density at radius 2 is 2.06 bits per heavy atom. The molecule has 0 aliphatic carbocycles. The highest BCUT2D eigenvalue weighted by atomic mass is 32.2. The number of aromatic nitrogens is 2. The van der Waals surface area contributed by atoms with Crippen molar-refractivity contribution in [2.24, 2.45) is 0 Å². The molecule has 0 fully saturated rings. The Morgan fingerprint density at radius 1 is 1.35 bits per heavy atom. The third-order valence-corrected chi connectivity index (χ3v) is 4.78. The minimum absolute atomic E-state index is 0.296. The summed E-state index contributed by atoms with van der Waals surface area (Å²) in [6.07, 6.45) is 6.25. The van der Waals surface area contributed by atoms with Crippen LogP contribution in [-0.2, 0) is 0 Å². The molecule has 0 radical (unpaired) electrons. The summed E-state index contributed by atoms with van der Waals surface area (Å²) in [5.74, 6) is 1.53. The first-order valence-electron chi connectivity index (χ1n) is 5.99. The van der Waals surface area contributed by atoms with Gasteiger partial charge < -0.3 is 10.6 Å². The predicted molar refractivity (Wildman–Crippen MR) is 76.9 cm³/mol. The van der Waals surface area contributed by atoms with Crippen molar-refractivity contribution in [3.8, 4) is 0 Å². The first-order valence-corrected chi connectivity index (χ1v) is 7.22. The SMILES string of the molecule is CCC(CC)(CNc1ccnc(NC)n1)SC. The van der Waals surface area contributed by atoms with E-state index < -0.39 is 0 Å². The van der Waals surface area contributed by atoms with E-state index in [-0.39, 0.29) is 0 Å². The molecule has 0 amide bonds. The van der Waals surface area contributed by atoms with Gasteiger partial charge in [0.15, 0.2) is 0 Å². The van der Waals surface area contributed by atoms with E-state index in [4.69, 9.17) is 0 Å². The number of hydrogen-bond donors (Lipinski definition) is 2. The van der Waals surface area contributed by atoms with Crippen LogP contribution in [0.4, 0.5) is 11.8 Å². The monoisotopic (exact) mass is 254 g/mol. The van der Waals surface area contributed by atoms with Crippen molar-refractivity contribution in [1.29, 1.82) is 0 Å². The first-order chi connectivity index (χ1) is 8.19. The van der Waals surface area contributed by atoms with Crippen molar-refractivity contribution in [2.75, 3.05) is 30.5 Å². The average Bonchev–Trinajstić information content (AvgIpc) is 2.41. The van der Waals surface area contributed by atoms with E-state index in [2.05, 4.69) is 40.7 Å². The molecule has 17 heavy (non-hydrogen) atoms. The molecular formula is C12H22N4S. The average molecular weight is 254 g/mol.